The van der Waals surface area contributed by atoms with Crippen molar-refractivity contribution in [2.45, 2.75) is 44.1 Å². The first-order valence-corrected chi connectivity index (χ1v) is 10.4. The second kappa shape index (κ2) is 6.59. The van der Waals surface area contributed by atoms with E-state index in [9.17, 15) is 14.7 Å². The molecule has 5 rings (SSSR count). The standard InChI is InChI=1S/C23H26N2O3/c26-21-18(12-15-6-4-10-20(15)24-21)22(27)25-13-16-7-5-11-23(28,19(16)14-25)17-8-2-1-3-9-17/h1-3,8-9,12,16,19,28H,4-7,10-11,13-14H2,(H,24,26)/t16-,19+,23+/m1/s1. The van der Waals surface area contributed by atoms with Gasteiger partial charge in [0.25, 0.3) is 11.5 Å². The molecule has 1 aliphatic heterocycles. The van der Waals surface area contributed by atoms with Gasteiger partial charge in [-0.3, -0.25) is 9.59 Å². The van der Waals surface area contributed by atoms with Gasteiger partial charge in [-0.1, -0.05) is 30.3 Å². The molecule has 1 saturated carbocycles. The van der Waals surface area contributed by atoms with Crippen LogP contribution in [0.5, 0.6) is 0 Å². The van der Waals surface area contributed by atoms with Gasteiger partial charge in [-0.2, -0.15) is 0 Å². The number of nitrogens with one attached hydrogen (secondary N) is 1. The van der Waals surface area contributed by atoms with E-state index >= 15 is 0 Å². The number of amides is 1. The van der Waals surface area contributed by atoms with Crippen LogP contribution in [0.4, 0.5) is 0 Å². The SMILES string of the molecule is O=C(c1cc2c([nH]c1=O)CCC2)N1C[C@H]2CCC[C@](O)(c3ccccc3)[C@H]2C1. The first-order chi connectivity index (χ1) is 13.6. The summed E-state index contributed by atoms with van der Waals surface area (Å²) >= 11 is 0. The molecule has 0 unspecified atom stereocenters. The van der Waals surface area contributed by atoms with Crippen LogP contribution in [0.15, 0.2) is 41.2 Å². The van der Waals surface area contributed by atoms with Crippen LogP contribution >= 0.6 is 0 Å². The molecule has 1 saturated heterocycles. The zero-order chi connectivity index (χ0) is 19.3. The Hall–Kier alpha value is -2.40. The molecular weight excluding hydrogens is 352 g/mol. The van der Waals surface area contributed by atoms with E-state index in [-0.39, 0.29) is 28.9 Å². The number of aryl methyl sites for hydroxylation is 2. The summed E-state index contributed by atoms with van der Waals surface area (Å²) in [6.45, 7) is 1.13. The molecule has 0 spiro atoms. The number of rotatable bonds is 2. The highest BCUT2D eigenvalue weighted by Gasteiger charge is 2.50. The number of carbonyl (C=O) groups is 1. The second-order valence-electron chi connectivity index (χ2n) is 8.63. The number of aromatic nitrogens is 1. The van der Waals surface area contributed by atoms with Crippen LogP contribution in [-0.2, 0) is 18.4 Å². The summed E-state index contributed by atoms with van der Waals surface area (Å²) < 4.78 is 0. The lowest BCUT2D eigenvalue weighted by Crippen LogP contribution is -2.43. The topological polar surface area (TPSA) is 73.4 Å². The lowest BCUT2D eigenvalue weighted by Gasteiger charge is -2.41. The quantitative estimate of drug-likeness (QED) is 0.844. The van der Waals surface area contributed by atoms with E-state index in [1.165, 1.54) is 0 Å². The van der Waals surface area contributed by atoms with Crippen molar-refractivity contribution in [2.75, 3.05) is 13.1 Å². The molecule has 2 fully saturated rings. The predicted molar refractivity (Wildman–Crippen MR) is 106 cm³/mol. The van der Waals surface area contributed by atoms with E-state index < -0.39 is 5.60 Å². The molecular formula is C23H26N2O3. The number of H-pyrrole nitrogens is 1. The van der Waals surface area contributed by atoms with Crippen molar-refractivity contribution in [2.24, 2.45) is 11.8 Å². The highest BCUT2D eigenvalue weighted by atomic mass is 16.3. The average molecular weight is 378 g/mol. The van der Waals surface area contributed by atoms with E-state index in [1.807, 2.05) is 30.3 Å². The van der Waals surface area contributed by atoms with Crippen molar-refractivity contribution in [3.05, 3.63) is 69.1 Å². The molecule has 5 heteroatoms. The Morgan fingerprint density at radius 2 is 1.96 bits per heavy atom. The van der Waals surface area contributed by atoms with Crippen LogP contribution in [0.25, 0.3) is 0 Å². The van der Waals surface area contributed by atoms with Crippen molar-refractivity contribution in [3.8, 4) is 0 Å². The normalized spacial score (nSPS) is 28.8. The molecule has 1 amide bonds. The molecule has 2 aromatic rings. The van der Waals surface area contributed by atoms with E-state index in [1.54, 1.807) is 11.0 Å². The fourth-order valence-corrected chi connectivity index (χ4v) is 5.62. The molecule has 0 radical (unpaired) electrons. The number of carbonyl (C=O) groups excluding carboxylic acids is 1. The Morgan fingerprint density at radius 3 is 2.79 bits per heavy atom. The largest absolute Gasteiger partial charge is 0.385 e. The number of hydrogen-bond donors (Lipinski definition) is 2. The van der Waals surface area contributed by atoms with Crippen molar-refractivity contribution < 1.29 is 9.90 Å². The number of benzene rings is 1. The molecule has 28 heavy (non-hydrogen) atoms. The molecule has 2 N–H and O–H groups in total. The van der Waals surface area contributed by atoms with Crippen LogP contribution in [0.1, 0.15) is 52.9 Å². The van der Waals surface area contributed by atoms with E-state index in [4.69, 9.17) is 0 Å². The monoisotopic (exact) mass is 378 g/mol. The van der Waals surface area contributed by atoms with Crippen LogP contribution in [0.2, 0.25) is 0 Å². The lowest BCUT2D eigenvalue weighted by molar-refractivity contribution is -0.0644. The van der Waals surface area contributed by atoms with Gasteiger partial charge in [0.1, 0.15) is 5.56 Å². The van der Waals surface area contributed by atoms with Gasteiger partial charge in [0.2, 0.25) is 0 Å². The highest BCUT2D eigenvalue weighted by molar-refractivity contribution is 5.94. The maximum Gasteiger partial charge on any atom is 0.261 e. The fraction of sp³-hybridized carbons (Fsp3) is 0.478. The molecule has 2 heterocycles. The van der Waals surface area contributed by atoms with Crippen LogP contribution < -0.4 is 5.56 Å². The van der Waals surface area contributed by atoms with Gasteiger partial charge in [0, 0.05) is 24.7 Å². The summed E-state index contributed by atoms with van der Waals surface area (Å²) in [4.78, 5) is 30.4. The summed E-state index contributed by atoms with van der Waals surface area (Å²) in [6.07, 6.45) is 5.53. The smallest absolute Gasteiger partial charge is 0.261 e. The van der Waals surface area contributed by atoms with Crippen molar-refractivity contribution >= 4 is 5.91 Å². The molecule has 3 aliphatic rings. The van der Waals surface area contributed by atoms with Gasteiger partial charge in [-0.15, -0.1) is 0 Å². The van der Waals surface area contributed by atoms with Crippen LogP contribution in [-0.4, -0.2) is 34.0 Å². The van der Waals surface area contributed by atoms with Gasteiger partial charge >= 0.3 is 0 Å². The van der Waals surface area contributed by atoms with Crippen LogP contribution in [0, 0.1) is 11.8 Å². The summed E-state index contributed by atoms with van der Waals surface area (Å²) in [5.74, 6) is 0.0956. The molecule has 3 atom stereocenters. The molecule has 5 nitrogen and oxygen atoms in total. The predicted octanol–water partition coefficient (Wildman–Crippen LogP) is 2.62. The Kier molecular flexibility index (Phi) is 4.16. The molecule has 0 bridgehead atoms. The van der Waals surface area contributed by atoms with E-state index in [0.717, 1.165) is 55.3 Å². The second-order valence-corrected chi connectivity index (χ2v) is 8.63. The van der Waals surface area contributed by atoms with Crippen molar-refractivity contribution in [1.82, 2.24) is 9.88 Å². The summed E-state index contributed by atoms with van der Waals surface area (Å²) in [6, 6.07) is 11.6. The first kappa shape index (κ1) is 17.7. The molecule has 2 aliphatic carbocycles. The third-order valence-electron chi connectivity index (χ3n) is 7.07. The number of aromatic amines is 1. The molecule has 1 aromatic carbocycles. The zero-order valence-electron chi connectivity index (χ0n) is 16.0. The number of pyridine rings is 1. The maximum absolute atomic E-state index is 13.2. The Labute approximate surface area is 164 Å². The number of hydrogen-bond acceptors (Lipinski definition) is 3. The Balaban J connectivity index is 1.43. The number of nitrogens with zero attached hydrogens (tertiary/aromatic N) is 1. The molecule has 1 aromatic heterocycles. The Morgan fingerprint density at radius 1 is 1.14 bits per heavy atom. The highest BCUT2D eigenvalue weighted by Crippen LogP contribution is 2.48. The van der Waals surface area contributed by atoms with Gasteiger partial charge in [-0.05, 0) is 61.6 Å². The number of aliphatic hydroxyl groups is 1. The summed E-state index contributed by atoms with van der Waals surface area (Å²) in [7, 11) is 0. The van der Waals surface area contributed by atoms with Crippen LogP contribution in [0.3, 0.4) is 0 Å². The zero-order valence-corrected chi connectivity index (χ0v) is 16.0. The van der Waals surface area contributed by atoms with E-state index in [2.05, 4.69) is 4.98 Å². The first-order valence-electron chi connectivity index (χ1n) is 10.4. The van der Waals surface area contributed by atoms with Gasteiger partial charge in [0.05, 0.1) is 5.60 Å². The minimum atomic E-state index is -0.899. The van der Waals surface area contributed by atoms with E-state index in [0.29, 0.717) is 13.1 Å². The fourth-order valence-electron chi connectivity index (χ4n) is 5.62. The Bertz CT molecular complexity index is 968. The van der Waals surface area contributed by atoms with Crippen molar-refractivity contribution in [3.63, 3.8) is 0 Å². The third-order valence-corrected chi connectivity index (χ3v) is 7.07. The summed E-state index contributed by atoms with van der Waals surface area (Å²) in [5, 5.41) is 11.6. The minimum Gasteiger partial charge on any atom is -0.385 e. The maximum atomic E-state index is 13.2. The number of fused-ring (bicyclic) bond motifs is 2. The number of likely N-dealkylation sites (tertiary alicyclic amines) is 1. The van der Waals surface area contributed by atoms with Gasteiger partial charge in [0.15, 0.2) is 0 Å². The summed E-state index contributed by atoms with van der Waals surface area (Å²) in [5.41, 5.74) is 2.09. The average Bonchev–Trinajstić information content (AvgIpc) is 3.35. The van der Waals surface area contributed by atoms with Gasteiger partial charge in [-0.25, -0.2) is 0 Å². The van der Waals surface area contributed by atoms with Crippen molar-refractivity contribution in [1.29, 1.82) is 0 Å². The molecule has 146 valence electrons. The lowest BCUT2D eigenvalue weighted by atomic mass is 9.67. The van der Waals surface area contributed by atoms with Gasteiger partial charge < -0.3 is 15.0 Å². The third kappa shape index (κ3) is 2.72. The minimum absolute atomic E-state index is 0.0149.